The van der Waals surface area contributed by atoms with Crippen molar-refractivity contribution < 1.29 is 9.53 Å². The highest BCUT2D eigenvalue weighted by Crippen LogP contribution is 2.24. The molecule has 2 aromatic carbocycles. The van der Waals surface area contributed by atoms with Crippen LogP contribution in [-0.4, -0.2) is 21.9 Å². The zero-order valence-electron chi connectivity index (χ0n) is 14.9. The number of nitrogens with zero attached hydrogens (tertiary/aromatic N) is 2. The average molecular weight is 377 g/mol. The molecule has 0 saturated carbocycles. The number of fused-ring (bicyclic) bond motifs is 1. The molecule has 0 radical (unpaired) electrons. The quantitative estimate of drug-likeness (QED) is 0.532. The molecule has 2 aromatic heterocycles. The van der Waals surface area contributed by atoms with Gasteiger partial charge < -0.3 is 10.1 Å². The molecule has 0 saturated heterocycles. The van der Waals surface area contributed by atoms with Gasteiger partial charge in [0.05, 0.1) is 18.7 Å². The predicted molar refractivity (Wildman–Crippen MR) is 108 cm³/mol. The summed E-state index contributed by atoms with van der Waals surface area (Å²) < 4.78 is 7.42. The molecule has 4 aromatic rings. The molecule has 0 aliphatic heterocycles. The molecule has 0 aliphatic rings. The number of amides is 1. The number of anilines is 1. The van der Waals surface area contributed by atoms with Crippen LogP contribution in [0.3, 0.4) is 0 Å². The molecule has 0 atom stereocenters. The van der Waals surface area contributed by atoms with Crippen LogP contribution in [0.25, 0.3) is 16.2 Å². The van der Waals surface area contributed by atoms with Crippen molar-refractivity contribution >= 4 is 27.9 Å². The lowest BCUT2D eigenvalue weighted by molar-refractivity contribution is -0.115. The fraction of sp³-hybridized carbons (Fsp3) is 0.143. The van der Waals surface area contributed by atoms with E-state index in [0.29, 0.717) is 13.0 Å². The lowest BCUT2D eigenvalue weighted by Crippen LogP contribution is -2.14. The van der Waals surface area contributed by atoms with Gasteiger partial charge in [0.2, 0.25) is 5.91 Å². The van der Waals surface area contributed by atoms with Crippen LogP contribution in [0.5, 0.6) is 5.75 Å². The molecule has 5 nitrogen and oxygen atoms in total. The molecule has 0 fully saturated rings. The number of aromatic nitrogens is 2. The number of carbonyl (C=O) groups excluding carboxylic acids is 1. The Labute approximate surface area is 161 Å². The number of ether oxygens (including phenoxy) is 1. The first-order chi connectivity index (χ1) is 13.2. The van der Waals surface area contributed by atoms with E-state index in [1.165, 1.54) is 0 Å². The van der Waals surface area contributed by atoms with Crippen molar-refractivity contribution in [3.05, 3.63) is 71.9 Å². The first-order valence-corrected chi connectivity index (χ1v) is 9.63. The van der Waals surface area contributed by atoms with Crippen molar-refractivity contribution in [2.75, 3.05) is 11.9 Å². The fourth-order valence-corrected chi connectivity index (χ4v) is 3.58. The van der Waals surface area contributed by atoms with Gasteiger partial charge in [-0.3, -0.25) is 9.20 Å². The number of carbonyl (C=O) groups is 1. The summed E-state index contributed by atoms with van der Waals surface area (Å²) in [7, 11) is 0. The molecule has 27 heavy (non-hydrogen) atoms. The Balaban J connectivity index is 1.44. The van der Waals surface area contributed by atoms with Crippen LogP contribution in [0.2, 0.25) is 0 Å². The molecular formula is C21H19N3O2S. The third kappa shape index (κ3) is 4.01. The molecule has 0 spiro atoms. The first-order valence-electron chi connectivity index (χ1n) is 8.75. The third-order valence-electron chi connectivity index (χ3n) is 4.13. The molecule has 1 N–H and O–H groups in total. The Kier molecular flexibility index (Phi) is 4.89. The minimum Gasteiger partial charge on any atom is -0.494 e. The van der Waals surface area contributed by atoms with Gasteiger partial charge in [0, 0.05) is 29.0 Å². The molecule has 0 bridgehead atoms. The summed E-state index contributed by atoms with van der Waals surface area (Å²) in [5.74, 6) is 0.761. The van der Waals surface area contributed by atoms with Gasteiger partial charge in [0.25, 0.3) is 0 Å². The molecular weight excluding hydrogens is 358 g/mol. The van der Waals surface area contributed by atoms with Gasteiger partial charge in [-0.2, -0.15) is 0 Å². The van der Waals surface area contributed by atoms with Crippen LogP contribution in [0.1, 0.15) is 12.5 Å². The van der Waals surface area contributed by atoms with E-state index in [2.05, 4.69) is 10.3 Å². The topological polar surface area (TPSA) is 55.6 Å². The van der Waals surface area contributed by atoms with Crippen LogP contribution in [0.15, 0.2) is 66.3 Å². The lowest BCUT2D eigenvalue weighted by Gasteiger charge is -2.08. The molecule has 6 heteroatoms. The van der Waals surface area contributed by atoms with E-state index < -0.39 is 0 Å². The molecule has 4 rings (SSSR count). The highest BCUT2D eigenvalue weighted by molar-refractivity contribution is 7.15. The van der Waals surface area contributed by atoms with Crippen molar-refractivity contribution in [2.45, 2.75) is 13.3 Å². The van der Waals surface area contributed by atoms with Crippen LogP contribution in [0.4, 0.5) is 5.69 Å². The molecule has 0 aliphatic carbocycles. The molecule has 136 valence electrons. The van der Waals surface area contributed by atoms with Crippen molar-refractivity contribution in [3.8, 4) is 17.0 Å². The number of rotatable bonds is 6. The van der Waals surface area contributed by atoms with Gasteiger partial charge >= 0.3 is 0 Å². The summed E-state index contributed by atoms with van der Waals surface area (Å²) in [4.78, 5) is 17.9. The van der Waals surface area contributed by atoms with Crippen molar-refractivity contribution in [2.24, 2.45) is 0 Å². The summed E-state index contributed by atoms with van der Waals surface area (Å²) in [6, 6.07) is 15.4. The van der Waals surface area contributed by atoms with Gasteiger partial charge in [-0.25, -0.2) is 4.98 Å². The van der Waals surface area contributed by atoms with Crippen molar-refractivity contribution in [1.29, 1.82) is 0 Å². The normalized spacial score (nSPS) is 10.9. The summed E-state index contributed by atoms with van der Waals surface area (Å²) >= 11 is 1.60. The standard InChI is InChI=1S/C21H19N3O2S/c1-2-26-18-8-6-15(7-9-18)12-20(25)22-17-5-3-4-16(13-17)19-14-24-10-11-27-21(24)23-19/h3-11,13-14H,2,12H2,1H3,(H,22,25). The van der Waals surface area contributed by atoms with Crippen LogP contribution < -0.4 is 10.1 Å². The number of nitrogens with one attached hydrogen (secondary N) is 1. The summed E-state index contributed by atoms with van der Waals surface area (Å²) in [5.41, 5.74) is 3.58. The van der Waals surface area contributed by atoms with Crippen molar-refractivity contribution in [1.82, 2.24) is 9.38 Å². The zero-order chi connectivity index (χ0) is 18.6. The number of benzene rings is 2. The maximum Gasteiger partial charge on any atom is 0.228 e. The van der Waals surface area contributed by atoms with Gasteiger partial charge in [0.15, 0.2) is 4.96 Å². The number of hydrogen-bond acceptors (Lipinski definition) is 4. The Morgan fingerprint density at radius 1 is 1.22 bits per heavy atom. The second-order valence-electron chi connectivity index (χ2n) is 6.10. The predicted octanol–water partition coefficient (Wildman–Crippen LogP) is 4.64. The fourth-order valence-electron chi connectivity index (χ4n) is 2.88. The Hall–Kier alpha value is -3.12. The maximum absolute atomic E-state index is 12.4. The van der Waals surface area contributed by atoms with E-state index in [1.807, 2.05) is 77.6 Å². The minimum absolute atomic E-state index is 0.0536. The van der Waals surface area contributed by atoms with E-state index in [9.17, 15) is 4.79 Å². The van der Waals surface area contributed by atoms with E-state index >= 15 is 0 Å². The van der Waals surface area contributed by atoms with Gasteiger partial charge in [-0.1, -0.05) is 24.3 Å². The third-order valence-corrected chi connectivity index (χ3v) is 4.91. The average Bonchev–Trinajstić information content (AvgIpc) is 3.26. The number of thiazole rings is 1. The van der Waals surface area contributed by atoms with Gasteiger partial charge in [0.1, 0.15) is 5.75 Å². The smallest absolute Gasteiger partial charge is 0.228 e. The van der Waals surface area contributed by atoms with Gasteiger partial charge in [-0.05, 0) is 36.8 Å². The number of imidazole rings is 1. The van der Waals surface area contributed by atoms with Crippen LogP contribution in [-0.2, 0) is 11.2 Å². The second kappa shape index (κ2) is 7.63. The highest BCUT2D eigenvalue weighted by atomic mass is 32.1. The second-order valence-corrected chi connectivity index (χ2v) is 6.97. The van der Waals surface area contributed by atoms with Crippen LogP contribution in [0, 0.1) is 0 Å². The molecule has 0 unspecified atom stereocenters. The zero-order valence-corrected chi connectivity index (χ0v) is 15.7. The summed E-state index contributed by atoms with van der Waals surface area (Å²) in [6.07, 6.45) is 4.29. The Bertz CT molecular complexity index is 1040. The molecule has 2 heterocycles. The lowest BCUT2D eigenvalue weighted by atomic mass is 10.1. The van der Waals surface area contributed by atoms with E-state index in [0.717, 1.165) is 33.2 Å². The SMILES string of the molecule is CCOc1ccc(CC(=O)Nc2cccc(-c3cn4ccsc4n3)c2)cc1. The largest absolute Gasteiger partial charge is 0.494 e. The van der Waals surface area contributed by atoms with E-state index in [4.69, 9.17) is 4.74 Å². The van der Waals surface area contributed by atoms with Crippen LogP contribution >= 0.6 is 11.3 Å². The van der Waals surface area contributed by atoms with E-state index in [1.54, 1.807) is 11.3 Å². The first kappa shape index (κ1) is 17.3. The maximum atomic E-state index is 12.4. The Morgan fingerprint density at radius 3 is 2.85 bits per heavy atom. The van der Waals surface area contributed by atoms with Crippen molar-refractivity contribution in [3.63, 3.8) is 0 Å². The molecule has 1 amide bonds. The minimum atomic E-state index is -0.0536. The summed E-state index contributed by atoms with van der Waals surface area (Å²) in [6.45, 7) is 2.58. The van der Waals surface area contributed by atoms with Gasteiger partial charge in [-0.15, -0.1) is 11.3 Å². The monoisotopic (exact) mass is 377 g/mol. The number of hydrogen-bond donors (Lipinski definition) is 1. The van der Waals surface area contributed by atoms with E-state index in [-0.39, 0.29) is 5.91 Å². The summed E-state index contributed by atoms with van der Waals surface area (Å²) in [5, 5.41) is 4.97. The highest BCUT2D eigenvalue weighted by Gasteiger charge is 2.08. The Morgan fingerprint density at radius 2 is 2.07 bits per heavy atom.